The lowest BCUT2D eigenvalue weighted by atomic mass is 9.64. The maximum atomic E-state index is 14.3. The van der Waals surface area contributed by atoms with Gasteiger partial charge in [-0.15, -0.1) is 0 Å². The molecule has 3 aliphatic heterocycles. The van der Waals surface area contributed by atoms with Gasteiger partial charge in [0.15, 0.2) is 11.5 Å². The third-order valence-corrected chi connectivity index (χ3v) is 8.59. The van der Waals surface area contributed by atoms with Crippen LogP contribution in [-0.4, -0.2) is 31.7 Å². The highest BCUT2D eigenvalue weighted by molar-refractivity contribution is 6.25. The van der Waals surface area contributed by atoms with Gasteiger partial charge in [-0.3, -0.25) is 14.4 Å². The molecule has 3 heterocycles. The third-order valence-electron chi connectivity index (χ3n) is 8.59. The third kappa shape index (κ3) is 3.30. The highest BCUT2D eigenvalue weighted by Crippen LogP contribution is 2.56. The van der Waals surface area contributed by atoms with Crippen molar-refractivity contribution in [2.45, 2.75) is 5.92 Å². The van der Waals surface area contributed by atoms with Gasteiger partial charge < -0.3 is 18.9 Å². The van der Waals surface area contributed by atoms with E-state index in [2.05, 4.69) is 0 Å². The Bertz CT molecular complexity index is 1840. The Balaban J connectivity index is 1.35. The van der Waals surface area contributed by atoms with Crippen LogP contribution in [0.15, 0.2) is 84.9 Å². The van der Waals surface area contributed by atoms with Gasteiger partial charge in [0.05, 0.1) is 30.6 Å². The summed E-state index contributed by atoms with van der Waals surface area (Å²) in [5.74, 6) is -2.57. The van der Waals surface area contributed by atoms with Gasteiger partial charge in [-0.25, -0.2) is 4.90 Å². The van der Waals surface area contributed by atoms with Crippen LogP contribution in [-0.2, 0) is 14.4 Å². The standard InChI is InChI=1S/C33H23NO7/c1-38-24-9-5-4-8-23(24)34-31(35)27-21(18-11-13-25-26(14-18)40-16-39-25)15-22-20-12-10-17-6-2-3-7-19(17)30(20)41-33(37)28(22)29(27)32(34)36/h2-15,21,27-29H,16H2,1H3/t21-,27+,28-,29+/m1/s1. The Hall–Kier alpha value is -5.11. The van der Waals surface area contributed by atoms with Crippen LogP contribution < -0.4 is 23.8 Å². The minimum atomic E-state index is -0.963. The Labute approximate surface area is 234 Å². The number of nitrogens with zero attached hydrogens (tertiary/aromatic N) is 1. The highest BCUT2D eigenvalue weighted by atomic mass is 16.7. The number of carbonyl (C=O) groups is 3. The lowest BCUT2D eigenvalue weighted by Crippen LogP contribution is -2.42. The predicted molar refractivity (Wildman–Crippen MR) is 149 cm³/mol. The fourth-order valence-corrected chi connectivity index (χ4v) is 6.79. The van der Waals surface area contributed by atoms with Crippen LogP contribution in [0.25, 0.3) is 16.3 Å². The van der Waals surface area contributed by atoms with Crippen molar-refractivity contribution in [2.24, 2.45) is 17.8 Å². The van der Waals surface area contributed by atoms with E-state index in [1.807, 2.05) is 60.7 Å². The van der Waals surface area contributed by atoms with E-state index in [9.17, 15) is 14.4 Å². The summed E-state index contributed by atoms with van der Waals surface area (Å²) in [6, 6.07) is 24.1. The zero-order chi connectivity index (χ0) is 27.8. The number of fused-ring (bicyclic) bond motifs is 8. The van der Waals surface area contributed by atoms with Crippen LogP contribution in [0.3, 0.4) is 0 Å². The SMILES string of the molecule is COc1ccccc1N1C(=O)[C@@H]2[C@@H]3C(=O)Oc4c(ccc5ccccc45)C3=C[C@H](c3ccc4c(c3)OCO4)[C@@H]2C1=O. The minimum Gasteiger partial charge on any atom is -0.495 e. The Morgan fingerprint density at radius 1 is 0.829 bits per heavy atom. The zero-order valence-corrected chi connectivity index (χ0v) is 21.9. The quantitative estimate of drug-likeness (QED) is 0.201. The zero-order valence-electron chi connectivity index (χ0n) is 21.9. The fraction of sp³-hybridized carbons (Fsp3) is 0.182. The summed E-state index contributed by atoms with van der Waals surface area (Å²) in [6.45, 7) is 0.115. The maximum absolute atomic E-state index is 14.3. The summed E-state index contributed by atoms with van der Waals surface area (Å²) in [5, 5.41) is 1.75. The molecule has 4 aromatic carbocycles. The number of hydrogen-bond donors (Lipinski definition) is 0. The summed E-state index contributed by atoms with van der Waals surface area (Å²) in [7, 11) is 1.49. The van der Waals surface area contributed by atoms with Crippen molar-refractivity contribution in [2.75, 3.05) is 18.8 Å². The summed E-state index contributed by atoms with van der Waals surface area (Å²) in [6.07, 6.45) is 1.97. The van der Waals surface area contributed by atoms with E-state index in [1.54, 1.807) is 24.3 Å². The van der Waals surface area contributed by atoms with Gasteiger partial charge in [-0.1, -0.05) is 60.7 Å². The smallest absolute Gasteiger partial charge is 0.319 e. The lowest BCUT2D eigenvalue weighted by molar-refractivity contribution is -0.142. The van der Waals surface area contributed by atoms with Gasteiger partial charge in [0.2, 0.25) is 18.6 Å². The van der Waals surface area contributed by atoms with Crippen molar-refractivity contribution in [3.05, 3.63) is 96.1 Å². The molecule has 2 amide bonds. The van der Waals surface area contributed by atoms with E-state index < -0.39 is 35.5 Å². The van der Waals surface area contributed by atoms with Gasteiger partial charge in [-0.2, -0.15) is 0 Å². The average Bonchev–Trinajstić information content (AvgIpc) is 3.58. The van der Waals surface area contributed by atoms with E-state index in [-0.39, 0.29) is 12.7 Å². The molecule has 0 N–H and O–H groups in total. The number of hydrogen-bond acceptors (Lipinski definition) is 7. The van der Waals surface area contributed by atoms with E-state index in [1.165, 1.54) is 12.0 Å². The first-order valence-electron chi connectivity index (χ1n) is 13.4. The molecule has 0 spiro atoms. The average molecular weight is 546 g/mol. The maximum Gasteiger partial charge on any atom is 0.319 e. The van der Waals surface area contributed by atoms with E-state index in [0.717, 1.165) is 21.9 Å². The molecule has 0 saturated carbocycles. The Morgan fingerprint density at radius 2 is 1.61 bits per heavy atom. The molecule has 0 unspecified atom stereocenters. The Kier molecular flexibility index (Phi) is 5.04. The minimum absolute atomic E-state index is 0.115. The number of methoxy groups -OCH3 is 1. The topological polar surface area (TPSA) is 91.4 Å². The first kappa shape index (κ1) is 23.7. The molecular formula is C33H23NO7. The number of imide groups is 1. The number of esters is 1. The number of ether oxygens (including phenoxy) is 4. The van der Waals surface area contributed by atoms with Crippen molar-refractivity contribution < 1.29 is 33.3 Å². The van der Waals surface area contributed by atoms with Gasteiger partial charge in [0, 0.05) is 16.9 Å². The van der Waals surface area contributed by atoms with Gasteiger partial charge in [0.25, 0.3) is 0 Å². The van der Waals surface area contributed by atoms with E-state index in [4.69, 9.17) is 18.9 Å². The summed E-state index contributed by atoms with van der Waals surface area (Å²) < 4.78 is 22.6. The first-order chi connectivity index (χ1) is 20.0. The summed E-state index contributed by atoms with van der Waals surface area (Å²) in [5.41, 5.74) is 2.57. The predicted octanol–water partition coefficient (Wildman–Crippen LogP) is 5.10. The fourth-order valence-electron chi connectivity index (χ4n) is 6.79. The largest absolute Gasteiger partial charge is 0.495 e. The van der Waals surface area contributed by atoms with Gasteiger partial charge in [-0.05, 0) is 40.8 Å². The Morgan fingerprint density at radius 3 is 2.49 bits per heavy atom. The summed E-state index contributed by atoms with van der Waals surface area (Å²) >= 11 is 0. The molecule has 4 aliphatic rings. The normalized spacial score (nSPS) is 24.0. The number of allylic oxidation sites excluding steroid dienone is 1. The summed E-state index contributed by atoms with van der Waals surface area (Å²) in [4.78, 5) is 43.5. The molecule has 0 radical (unpaired) electrons. The molecule has 1 fully saturated rings. The molecule has 0 aromatic heterocycles. The van der Waals surface area contributed by atoms with Crippen LogP contribution in [0.5, 0.6) is 23.0 Å². The number of carbonyl (C=O) groups excluding carboxylic acids is 3. The molecule has 202 valence electrons. The molecule has 8 heteroatoms. The molecule has 4 aromatic rings. The molecule has 0 bridgehead atoms. The van der Waals surface area contributed by atoms with Crippen molar-refractivity contribution >= 4 is 39.8 Å². The number of anilines is 1. The molecule has 8 nitrogen and oxygen atoms in total. The van der Waals surface area contributed by atoms with Crippen molar-refractivity contribution in [3.8, 4) is 23.0 Å². The van der Waals surface area contributed by atoms with Gasteiger partial charge in [0.1, 0.15) is 11.5 Å². The highest BCUT2D eigenvalue weighted by Gasteiger charge is 2.60. The van der Waals surface area contributed by atoms with Crippen LogP contribution in [0.2, 0.25) is 0 Å². The number of para-hydroxylation sites is 2. The van der Waals surface area contributed by atoms with Crippen LogP contribution in [0.4, 0.5) is 5.69 Å². The van der Waals surface area contributed by atoms with Crippen LogP contribution >= 0.6 is 0 Å². The number of rotatable bonds is 3. The van der Waals surface area contributed by atoms with Crippen LogP contribution in [0, 0.1) is 17.8 Å². The van der Waals surface area contributed by atoms with Gasteiger partial charge >= 0.3 is 5.97 Å². The second-order valence-electron chi connectivity index (χ2n) is 10.6. The number of benzene rings is 4. The molecule has 1 saturated heterocycles. The lowest BCUT2D eigenvalue weighted by Gasteiger charge is -2.38. The molecule has 41 heavy (non-hydrogen) atoms. The van der Waals surface area contributed by atoms with Crippen molar-refractivity contribution in [3.63, 3.8) is 0 Å². The van der Waals surface area contributed by atoms with E-state index in [0.29, 0.717) is 34.3 Å². The van der Waals surface area contributed by atoms with E-state index >= 15 is 0 Å². The molecule has 1 aliphatic carbocycles. The second kappa shape index (κ2) is 8.69. The first-order valence-corrected chi connectivity index (χ1v) is 13.4. The van der Waals surface area contributed by atoms with Crippen LogP contribution in [0.1, 0.15) is 17.0 Å². The van der Waals surface area contributed by atoms with Crippen molar-refractivity contribution in [1.29, 1.82) is 0 Å². The molecule has 4 atom stereocenters. The number of amides is 2. The van der Waals surface area contributed by atoms with Crippen molar-refractivity contribution in [1.82, 2.24) is 0 Å². The monoisotopic (exact) mass is 545 g/mol. The molecule has 8 rings (SSSR count). The molecular weight excluding hydrogens is 522 g/mol. The second-order valence-corrected chi connectivity index (χ2v) is 10.6.